The van der Waals surface area contributed by atoms with Crippen molar-refractivity contribution in [3.8, 4) is 0 Å². The fourth-order valence-corrected chi connectivity index (χ4v) is 3.17. The number of amides is 2. The van der Waals surface area contributed by atoms with E-state index in [4.69, 9.17) is 4.74 Å². The summed E-state index contributed by atoms with van der Waals surface area (Å²) in [7, 11) is 0. The second-order valence-electron chi connectivity index (χ2n) is 6.20. The fourth-order valence-electron chi connectivity index (χ4n) is 3.17. The van der Waals surface area contributed by atoms with Crippen molar-refractivity contribution in [2.75, 3.05) is 13.2 Å². The van der Waals surface area contributed by atoms with Crippen LogP contribution in [0.2, 0.25) is 0 Å². The number of urea groups is 1. The Morgan fingerprint density at radius 2 is 2.30 bits per heavy atom. The third kappa shape index (κ3) is 4.05. The predicted molar refractivity (Wildman–Crippen MR) is 91.6 cm³/mol. The highest BCUT2D eigenvalue weighted by Crippen LogP contribution is 2.18. The molecule has 0 bridgehead atoms. The lowest BCUT2D eigenvalue weighted by Gasteiger charge is -2.20. The molecule has 1 aliphatic heterocycles. The van der Waals surface area contributed by atoms with Gasteiger partial charge in [0.2, 0.25) is 0 Å². The Morgan fingerprint density at radius 3 is 3.13 bits per heavy atom. The van der Waals surface area contributed by atoms with Gasteiger partial charge >= 0.3 is 6.03 Å². The highest BCUT2D eigenvalue weighted by Gasteiger charge is 2.23. The smallest absolute Gasteiger partial charge is 0.315 e. The lowest BCUT2D eigenvalue weighted by Crippen LogP contribution is -2.46. The minimum atomic E-state index is -0.105. The van der Waals surface area contributed by atoms with Crippen LogP contribution in [-0.4, -0.2) is 36.3 Å². The Labute approximate surface area is 136 Å². The van der Waals surface area contributed by atoms with Gasteiger partial charge in [-0.3, -0.25) is 0 Å². The number of hydrogen-bond donors (Lipinski definition) is 3. The van der Waals surface area contributed by atoms with Gasteiger partial charge in [0.25, 0.3) is 0 Å². The second-order valence-corrected chi connectivity index (χ2v) is 6.20. The molecule has 1 fully saturated rings. The molecule has 2 atom stereocenters. The van der Waals surface area contributed by atoms with Crippen LogP contribution in [0.5, 0.6) is 0 Å². The average molecular weight is 315 g/mol. The van der Waals surface area contributed by atoms with Gasteiger partial charge in [-0.2, -0.15) is 0 Å². The van der Waals surface area contributed by atoms with Crippen LogP contribution >= 0.6 is 0 Å². The Hall–Kier alpha value is -2.01. The van der Waals surface area contributed by atoms with E-state index in [-0.39, 0.29) is 18.2 Å². The Bertz CT molecular complexity index is 647. The van der Waals surface area contributed by atoms with Gasteiger partial charge in [-0.25, -0.2) is 4.79 Å². The van der Waals surface area contributed by atoms with E-state index in [1.165, 1.54) is 16.5 Å². The van der Waals surface area contributed by atoms with Gasteiger partial charge in [0.15, 0.2) is 0 Å². The third-order valence-electron chi connectivity index (χ3n) is 4.46. The average Bonchev–Trinajstić information content (AvgIpc) is 3.21. The van der Waals surface area contributed by atoms with Crippen molar-refractivity contribution in [1.29, 1.82) is 0 Å². The number of rotatable bonds is 6. The van der Waals surface area contributed by atoms with Crippen molar-refractivity contribution in [2.24, 2.45) is 0 Å². The van der Waals surface area contributed by atoms with Crippen LogP contribution in [0.1, 0.15) is 31.7 Å². The quantitative estimate of drug-likeness (QED) is 0.718. The first-order chi connectivity index (χ1) is 11.2. The predicted octanol–water partition coefficient (Wildman–Crippen LogP) is 2.97. The number of aromatic nitrogens is 1. The topological polar surface area (TPSA) is 66.2 Å². The summed E-state index contributed by atoms with van der Waals surface area (Å²) in [4.78, 5) is 15.2. The highest BCUT2D eigenvalue weighted by atomic mass is 16.5. The van der Waals surface area contributed by atoms with Gasteiger partial charge in [0, 0.05) is 30.3 Å². The van der Waals surface area contributed by atoms with Crippen LogP contribution < -0.4 is 10.6 Å². The number of para-hydroxylation sites is 1. The first kappa shape index (κ1) is 15.9. The molecule has 5 heteroatoms. The summed E-state index contributed by atoms with van der Waals surface area (Å²) in [6.45, 7) is 3.48. The molecule has 2 heterocycles. The van der Waals surface area contributed by atoms with Gasteiger partial charge in [0.05, 0.1) is 12.1 Å². The molecule has 0 spiro atoms. The van der Waals surface area contributed by atoms with Crippen LogP contribution in [0, 0.1) is 0 Å². The molecule has 0 aliphatic carbocycles. The summed E-state index contributed by atoms with van der Waals surface area (Å²) in [5.74, 6) is 0. The zero-order chi connectivity index (χ0) is 16.1. The Kier molecular flexibility index (Phi) is 5.18. The van der Waals surface area contributed by atoms with Crippen LogP contribution in [0.4, 0.5) is 4.79 Å². The van der Waals surface area contributed by atoms with Crippen molar-refractivity contribution < 1.29 is 9.53 Å². The lowest BCUT2D eigenvalue weighted by molar-refractivity contribution is 0.0860. The third-order valence-corrected chi connectivity index (χ3v) is 4.46. The zero-order valence-electron chi connectivity index (χ0n) is 13.6. The molecule has 23 heavy (non-hydrogen) atoms. The number of ether oxygens (including phenoxy) is 1. The first-order valence-electron chi connectivity index (χ1n) is 8.45. The van der Waals surface area contributed by atoms with Gasteiger partial charge < -0.3 is 20.4 Å². The molecule has 1 aliphatic rings. The molecule has 0 radical (unpaired) electrons. The molecular weight excluding hydrogens is 290 g/mol. The summed E-state index contributed by atoms with van der Waals surface area (Å²) >= 11 is 0. The van der Waals surface area contributed by atoms with Gasteiger partial charge in [0.1, 0.15) is 0 Å². The number of aryl methyl sites for hydroxylation is 1. The number of benzene rings is 1. The number of hydrogen-bond acceptors (Lipinski definition) is 2. The summed E-state index contributed by atoms with van der Waals surface area (Å²) in [5.41, 5.74) is 2.47. The van der Waals surface area contributed by atoms with Gasteiger partial charge in [-0.05, 0) is 44.2 Å². The van der Waals surface area contributed by atoms with Crippen molar-refractivity contribution in [1.82, 2.24) is 15.6 Å². The largest absolute Gasteiger partial charge is 0.376 e. The Morgan fingerprint density at radius 1 is 1.43 bits per heavy atom. The molecule has 1 aromatic carbocycles. The fraction of sp³-hybridized carbons (Fsp3) is 0.500. The van der Waals surface area contributed by atoms with Crippen molar-refractivity contribution in [3.63, 3.8) is 0 Å². The molecule has 124 valence electrons. The van der Waals surface area contributed by atoms with Gasteiger partial charge in [-0.1, -0.05) is 18.2 Å². The molecule has 5 nitrogen and oxygen atoms in total. The maximum atomic E-state index is 11.9. The molecule has 0 saturated carbocycles. The standard InChI is InChI=1S/C18H25N3O2/c1-13(17-9-5-11-23-17)21-18(22)19-10-4-6-14-12-20-16-8-3-2-7-15(14)16/h2-3,7-8,12-13,17,20H,4-6,9-11H2,1H3,(H2,19,21,22)/t13-,17-/m1/s1. The van der Waals surface area contributed by atoms with Gasteiger partial charge in [-0.15, -0.1) is 0 Å². The molecular formula is C18H25N3O2. The molecule has 2 amide bonds. The number of aromatic amines is 1. The van der Waals surface area contributed by atoms with E-state index in [1.54, 1.807) is 0 Å². The monoisotopic (exact) mass is 315 g/mol. The first-order valence-corrected chi connectivity index (χ1v) is 8.45. The number of fused-ring (bicyclic) bond motifs is 1. The summed E-state index contributed by atoms with van der Waals surface area (Å²) in [6, 6.07) is 8.25. The van der Waals surface area contributed by atoms with E-state index >= 15 is 0 Å². The zero-order valence-corrected chi connectivity index (χ0v) is 13.6. The van der Waals surface area contributed by atoms with Crippen molar-refractivity contribution in [2.45, 2.75) is 44.8 Å². The molecule has 0 unspecified atom stereocenters. The van der Waals surface area contributed by atoms with E-state index in [1.807, 2.05) is 13.0 Å². The van der Waals surface area contributed by atoms with Crippen LogP contribution in [0.3, 0.4) is 0 Å². The number of H-pyrrole nitrogens is 1. The highest BCUT2D eigenvalue weighted by molar-refractivity contribution is 5.83. The van der Waals surface area contributed by atoms with E-state index in [0.29, 0.717) is 6.54 Å². The molecule has 1 saturated heterocycles. The van der Waals surface area contributed by atoms with E-state index < -0.39 is 0 Å². The SMILES string of the molecule is C[C@@H](NC(=O)NCCCc1c[nH]c2ccccc12)[C@H]1CCCO1. The van der Waals surface area contributed by atoms with Crippen molar-refractivity contribution >= 4 is 16.9 Å². The maximum Gasteiger partial charge on any atom is 0.315 e. The van der Waals surface area contributed by atoms with E-state index in [0.717, 1.165) is 32.3 Å². The molecule has 3 rings (SSSR count). The van der Waals surface area contributed by atoms with Crippen LogP contribution in [0.25, 0.3) is 10.9 Å². The number of carbonyl (C=O) groups excluding carboxylic acids is 1. The maximum absolute atomic E-state index is 11.9. The van der Waals surface area contributed by atoms with Crippen LogP contribution in [-0.2, 0) is 11.2 Å². The number of carbonyl (C=O) groups is 1. The normalized spacial score (nSPS) is 18.9. The second kappa shape index (κ2) is 7.51. The molecule has 2 aromatic rings. The summed E-state index contributed by atoms with van der Waals surface area (Å²) in [6.07, 6.45) is 6.21. The lowest BCUT2D eigenvalue weighted by atomic mass is 10.1. The summed E-state index contributed by atoms with van der Waals surface area (Å²) < 4.78 is 5.59. The number of nitrogens with one attached hydrogen (secondary N) is 3. The van der Waals surface area contributed by atoms with Crippen LogP contribution in [0.15, 0.2) is 30.5 Å². The Balaban J connectivity index is 1.38. The molecule has 1 aromatic heterocycles. The molecule has 3 N–H and O–H groups in total. The minimum Gasteiger partial charge on any atom is -0.376 e. The van der Waals surface area contributed by atoms with Crippen molar-refractivity contribution in [3.05, 3.63) is 36.0 Å². The van der Waals surface area contributed by atoms with E-state index in [2.05, 4.69) is 40.0 Å². The van der Waals surface area contributed by atoms with E-state index in [9.17, 15) is 4.79 Å². The summed E-state index contributed by atoms with van der Waals surface area (Å²) in [5, 5.41) is 7.16. The minimum absolute atomic E-state index is 0.0612.